The lowest BCUT2D eigenvalue weighted by molar-refractivity contribution is -0.697. The van der Waals surface area contributed by atoms with E-state index >= 15 is 0 Å². The molecule has 6 nitrogen and oxygen atoms in total. The topological polar surface area (TPSA) is 68.5 Å². The number of carbonyl (C=O) groups is 2. The van der Waals surface area contributed by atoms with Crippen molar-refractivity contribution >= 4 is 11.9 Å². The van der Waals surface area contributed by atoms with Gasteiger partial charge >= 0.3 is 11.9 Å². The number of hydrogen-bond donors (Lipinski definition) is 1. The minimum absolute atomic E-state index is 0. The molecule has 0 bridgehead atoms. The minimum Gasteiger partial charge on any atom is -1.00 e. The van der Waals surface area contributed by atoms with E-state index in [9.17, 15) is 9.59 Å². The van der Waals surface area contributed by atoms with E-state index in [1.807, 2.05) is 26.0 Å². The first-order chi connectivity index (χ1) is 25.4. The Kier molecular flexibility index (Phi) is 29.6. The van der Waals surface area contributed by atoms with Crippen LogP contribution in [0.3, 0.4) is 0 Å². The van der Waals surface area contributed by atoms with Crippen molar-refractivity contribution in [2.75, 3.05) is 13.2 Å². The zero-order chi connectivity index (χ0) is 37.7. The monoisotopic (exact) mass is 803 g/mol. The molecule has 2 rings (SSSR count). The maximum Gasteiger partial charge on any atom is 0.336 e. The summed E-state index contributed by atoms with van der Waals surface area (Å²) in [5.74, 6) is -1.24. The second-order valence-electron chi connectivity index (χ2n) is 15.4. The fourth-order valence-electron chi connectivity index (χ4n) is 7.43. The van der Waals surface area contributed by atoms with Crippen LogP contribution in [-0.4, -0.2) is 25.2 Å². The van der Waals surface area contributed by atoms with Gasteiger partial charge in [-0.2, -0.15) is 0 Å². The van der Waals surface area contributed by atoms with Gasteiger partial charge in [0.05, 0.1) is 30.3 Å². The summed E-state index contributed by atoms with van der Waals surface area (Å²) < 4.78 is 14.0. The highest BCUT2D eigenvalue weighted by molar-refractivity contribution is 5.99. The molecule has 0 aromatic carbocycles. The quantitative estimate of drug-likeness (QED) is 0.0447. The highest BCUT2D eigenvalue weighted by atomic mass is 79.9. The Morgan fingerprint density at radius 1 is 0.566 bits per heavy atom. The lowest BCUT2D eigenvalue weighted by atomic mass is 9.81. The Hall–Kier alpha value is -2.15. The van der Waals surface area contributed by atoms with Crippen molar-refractivity contribution in [3.05, 3.63) is 52.6 Å². The van der Waals surface area contributed by atoms with Gasteiger partial charge in [0.15, 0.2) is 12.4 Å². The number of aryl methyl sites for hydroxylation is 1. The Morgan fingerprint density at radius 3 is 1.30 bits per heavy atom. The van der Waals surface area contributed by atoms with Gasteiger partial charge in [0.2, 0.25) is 0 Å². The molecule has 1 N–H and O–H groups in total. The first kappa shape index (κ1) is 48.9. The summed E-state index contributed by atoms with van der Waals surface area (Å²) in [6, 6.07) is 4.04. The Morgan fingerprint density at radius 2 is 0.925 bits per heavy atom. The third-order valence-electron chi connectivity index (χ3n) is 10.6. The summed E-state index contributed by atoms with van der Waals surface area (Å²) in [4.78, 5) is 27.6. The largest absolute Gasteiger partial charge is 1.00 e. The van der Waals surface area contributed by atoms with Gasteiger partial charge in [0.25, 0.3) is 0 Å². The summed E-state index contributed by atoms with van der Waals surface area (Å²) >= 11 is 0. The van der Waals surface area contributed by atoms with Crippen LogP contribution in [-0.2, 0) is 25.6 Å². The lowest BCUT2D eigenvalue weighted by Crippen LogP contribution is -3.00. The maximum absolute atomic E-state index is 13.8. The van der Waals surface area contributed by atoms with Crippen molar-refractivity contribution < 1.29 is 40.6 Å². The summed E-state index contributed by atoms with van der Waals surface area (Å²) in [6.07, 6.45) is 36.6. The number of carbonyl (C=O) groups excluding carboxylic acids is 2. The molecule has 0 saturated heterocycles. The number of pyridine rings is 1. The second kappa shape index (κ2) is 32.1. The molecule has 1 aromatic heterocycles. The van der Waals surface area contributed by atoms with Crippen molar-refractivity contribution in [2.45, 2.75) is 214 Å². The lowest BCUT2D eigenvalue weighted by Gasteiger charge is -2.30. The molecule has 0 amide bonds. The average molecular weight is 804 g/mol. The average Bonchev–Trinajstić information content (AvgIpc) is 3.14. The maximum atomic E-state index is 13.8. The second-order valence-corrected chi connectivity index (χ2v) is 15.4. The van der Waals surface area contributed by atoms with E-state index in [1.165, 1.54) is 128 Å². The Bertz CT molecular complexity index is 1120. The van der Waals surface area contributed by atoms with Gasteiger partial charge in [-0.1, -0.05) is 168 Å². The van der Waals surface area contributed by atoms with Crippen molar-refractivity contribution in [3.63, 3.8) is 0 Å². The molecule has 0 aliphatic carbocycles. The zero-order valence-corrected chi connectivity index (χ0v) is 36.4. The number of nitrogens with zero attached hydrogens (tertiary/aromatic N) is 1. The smallest absolute Gasteiger partial charge is 0.336 e. The number of ether oxygens (including phenoxy) is 2. The van der Waals surface area contributed by atoms with Crippen molar-refractivity contribution in [2.24, 2.45) is 0 Å². The third kappa shape index (κ3) is 20.9. The van der Waals surface area contributed by atoms with E-state index < -0.39 is 5.92 Å². The van der Waals surface area contributed by atoms with Gasteiger partial charge in [0, 0.05) is 29.4 Å². The predicted octanol–water partition coefficient (Wildman–Crippen LogP) is 9.50. The van der Waals surface area contributed by atoms with Crippen molar-refractivity contribution in [1.29, 1.82) is 0 Å². The van der Waals surface area contributed by atoms with Crippen LogP contribution in [0, 0.1) is 0 Å². The molecule has 1 aliphatic rings. The highest BCUT2D eigenvalue weighted by Crippen LogP contribution is 2.39. The molecule has 0 atom stereocenters. The molecular formula is C46H79BrN2O4. The summed E-state index contributed by atoms with van der Waals surface area (Å²) in [5.41, 5.74) is 3.41. The van der Waals surface area contributed by atoms with Gasteiger partial charge in [-0.3, -0.25) is 0 Å². The zero-order valence-electron chi connectivity index (χ0n) is 34.9. The Balaban J connectivity index is 0.0000140. The molecule has 1 aliphatic heterocycles. The van der Waals surface area contributed by atoms with Gasteiger partial charge in [0.1, 0.15) is 6.54 Å². The fourth-order valence-corrected chi connectivity index (χ4v) is 7.43. The summed E-state index contributed by atoms with van der Waals surface area (Å²) in [7, 11) is 0. The van der Waals surface area contributed by atoms with Crippen LogP contribution >= 0.6 is 0 Å². The number of allylic oxidation sites excluding steroid dienone is 2. The molecule has 0 fully saturated rings. The fraction of sp³-hybridized carbons (Fsp3) is 0.761. The normalized spacial score (nSPS) is 13.2. The Labute approximate surface area is 336 Å². The number of nitrogens with one attached hydrogen (secondary N) is 1. The van der Waals surface area contributed by atoms with E-state index in [1.54, 1.807) is 0 Å². The van der Waals surface area contributed by atoms with Crippen LogP contribution in [0.4, 0.5) is 0 Å². The van der Waals surface area contributed by atoms with Gasteiger partial charge in [-0.25, -0.2) is 14.2 Å². The molecular weight excluding hydrogens is 724 g/mol. The number of halogens is 1. The van der Waals surface area contributed by atoms with Crippen LogP contribution < -0.4 is 26.9 Å². The number of esters is 2. The molecule has 1 aromatic rings. The predicted molar refractivity (Wildman–Crippen MR) is 217 cm³/mol. The van der Waals surface area contributed by atoms with Crippen LogP contribution in [0.15, 0.2) is 47.1 Å². The third-order valence-corrected chi connectivity index (χ3v) is 10.6. The summed E-state index contributed by atoms with van der Waals surface area (Å²) in [5, 5.41) is 3.34. The molecule has 304 valence electrons. The van der Waals surface area contributed by atoms with E-state index in [-0.39, 0.29) is 28.9 Å². The van der Waals surface area contributed by atoms with Crippen LogP contribution in [0.5, 0.6) is 0 Å². The molecule has 0 spiro atoms. The highest BCUT2D eigenvalue weighted by Gasteiger charge is 2.39. The van der Waals surface area contributed by atoms with Crippen LogP contribution in [0.25, 0.3) is 0 Å². The first-order valence-electron chi connectivity index (χ1n) is 22.0. The number of aromatic nitrogens is 1. The van der Waals surface area contributed by atoms with Crippen LogP contribution in [0.1, 0.15) is 213 Å². The van der Waals surface area contributed by atoms with E-state index in [0.717, 1.165) is 62.0 Å². The molecule has 7 heteroatoms. The SMILES string of the molecule is CCCCCCCCCCCCCCOC(=O)C1=C(C)NC(C)=C(C(=O)OCCCCCCCCCCCCCC)C1c1ccc[n+](CCCC)c1.[Br-]. The van der Waals surface area contributed by atoms with E-state index in [4.69, 9.17) is 9.47 Å². The number of hydrogen-bond acceptors (Lipinski definition) is 5. The first-order valence-corrected chi connectivity index (χ1v) is 22.0. The number of rotatable bonds is 32. The standard InChI is InChI=1S/C46H78N2O4.BrH/c1-6-9-12-14-16-18-20-22-24-26-28-30-36-51-45(49)42-39(4)47-40(5)43(44(42)41-33-32-35-48(38-41)34-11-8-3)46(50)52-37-31-29-27-25-23-21-19-17-15-13-10-7-2;/h32-33,35,38,44H,6-31,34,36-37H2,1-5H3;1H. The van der Waals surface area contributed by atoms with Gasteiger partial charge < -0.3 is 31.8 Å². The van der Waals surface area contributed by atoms with E-state index in [0.29, 0.717) is 24.4 Å². The van der Waals surface area contributed by atoms with Crippen molar-refractivity contribution in [3.8, 4) is 0 Å². The van der Waals surface area contributed by atoms with Crippen molar-refractivity contribution in [1.82, 2.24) is 5.32 Å². The molecule has 2 heterocycles. The van der Waals surface area contributed by atoms with Gasteiger partial charge in [-0.05, 0) is 32.8 Å². The number of unbranched alkanes of at least 4 members (excludes halogenated alkanes) is 23. The molecule has 0 unspecified atom stereocenters. The molecule has 0 saturated carbocycles. The van der Waals surface area contributed by atoms with E-state index in [2.05, 4.69) is 43.0 Å². The molecule has 53 heavy (non-hydrogen) atoms. The minimum atomic E-state index is -0.542. The van der Waals surface area contributed by atoms with Gasteiger partial charge in [-0.15, -0.1) is 0 Å². The molecule has 0 radical (unpaired) electrons. The summed E-state index contributed by atoms with van der Waals surface area (Å²) in [6.45, 7) is 12.2. The van der Waals surface area contributed by atoms with Crippen LogP contribution in [0.2, 0.25) is 0 Å². The number of dihydropyridines is 1.